The third-order valence-electron chi connectivity index (χ3n) is 1.86. The van der Waals surface area contributed by atoms with Gasteiger partial charge in [0.15, 0.2) is 0 Å². The summed E-state index contributed by atoms with van der Waals surface area (Å²) in [5.41, 5.74) is 5.63. The van der Waals surface area contributed by atoms with Crippen LogP contribution in [-0.4, -0.2) is 21.9 Å². The summed E-state index contributed by atoms with van der Waals surface area (Å²) in [6.45, 7) is 1.95. The molecule has 0 aliphatic heterocycles. The summed E-state index contributed by atoms with van der Waals surface area (Å²) in [5.74, 6) is -0.0609. The van der Waals surface area contributed by atoms with Crippen LogP contribution in [0.25, 0.3) is 0 Å². The molecule has 1 heterocycles. The summed E-state index contributed by atoms with van der Waals surface area (Å²) in [6, 6.07) is 0.849. The maximum Gasteiger partial charge on any atom is 0.242 e. The van der Waals surface area contributed by atoms with E-state index in [2.05, 4.69) is 15.3 Å². The van der Waals surface area contributed by atoms with Gasteiger partial charge in [0.1, 0.15) is 11.0 Å². The Bertz CT molecular complexity index is 366. The Morgan fingerprint density at radius 3 is 2.81 bits per heavy atom. The predicted octanol–water partition coefficient (Wildman–Crippen LogP) is 1.85. The number of hydrogen-bond donors (Lipinski definition) is 2. The number of carbonyl (C=O) groups is 1. The molecule has 0 radical (unpaired) electrons. The van der Waals surface area contributed by atoms with Gasteiger partial charge in [0.05, 0.1) is 6.04 Å². The molecule has 1 aromatic rings. The molecule has 0 saturated heterocycles. The van der Waals surface area contributed by atoms with Gasteiger partial charge in [-0.25, -0.2) is 9.97 Å². The number of nitrogens with two attached hydrogens (primary N) is 1. The first-order valence-corrected chi connectivity index (χ1v) is 5.55. The van der Waals surface area contributed by atoms with Crippen LogP contribution in [0.3, 0.4) is 0 Å². The van der Waals surface area contributed by atoms with Crippen molar-refractivity contribution < 1.29 is 4.79 Å². The fourth-order valence-corrected chi connectivity index (χ4v) is 1.52. The van der Waals surface area contributed by atoms with E-state index in [4.69, 9.17) is 28.9 Å². The second-order valence-corrected chi connectivity index (χ2v) is 3.95. The van der Waals surface area contributed by atoms with Crippen molar-refractivity contribution in [2.45, 2.75) is 25.8 Å². The van der Waals surface area contributed by atoms with Gasteiger partial charge in [0.2, 0.25) is 11.2 Å². The highest BCUT2D eigenvalue weighted by Crippen LogP contribution is 2.14. The monoisotopic (exact) mass is 262 g/mol. The van der Waals surface area contributed by atoms with Crippen LogP contribution >= 0.6 is 23.2 Å². The molecule has 1 aromatic heterocycles. The Kier molecular flexibility index (Phi) is 4.92. The SMILES string of the molecule is CCCC(N)C(=O)Nc1cc(Cl)nc(Cl)n1. The fraction of sp³-hybridized carbons (Fsp3) is 0.444. The highest BCUT2D eigenvalue weighted by Gasteiger charge is 2.13. The lowest BCUT2D eigenvalue weighted by Gasteiger charge is -2.10. The van der Waals surface area contributed by atoms with Crippen molar-refractivity contribution in [2.75, 3.05) is 5.32 Å². The van der Waals surface area contributed by atoms with Crippen molar-refractivity contribution in [1.82, 2.24) is 9.97 Å². The third kappa shape index (κ3) is 3.92. The Morgan fingerprint density at radius 2 is 2.25 bits per heavy atom. The molecule has 16 heavy (non-hydrogen) atoms. The highest BCUT2D eigenvalue weighted by molar-refractivity contribution is 6.32. The van der Waals surface area contributed by atoms with Gasteiger partial charge < -0.3 is 11.1 Å². The highest BCUT2D eigenvalue weighted by atomic mass is 35.5. The Morgan fingerprint density at radius 1 is 1.56 bits per heavy atom. The molecule has 1 amide bonds. The average Bonchev–Trinajstić information content (AvgIpc) is 2.16. The number of nitrogens with one attached hydrogen (secondary N) is 1. The predicted molar refractivity (Wildman–Crippen MR) is 63.6 cm³/mol. The van der Waals surface area contributed by atoms with Crippen LogP contribution in [0.15, 0.2) is 6.07 Å². The molecule has 0 aliphatic carbocycles. The molecule has 1 unspecified atom stereocenters. The van der Waals surface area contributed by atoms with Crippen molar-refractivity contribution in [2.24, 2.45) is 5.73 Å². The summed E-state index contributed by atoms with van der Waals surface area (Å²) in [4.78, 5) is 19.0. The summed E-state index contributed by atoms with van der Waals surface area (Å²) in [5, 5.41) is 2.67. The standard InChI is InChI=1S/C9H12Cl2N4O/c1-2-3-5(12)8(16)14-7-4-6(10)13-9(11)15-7/h4-5H,2-3,12H2,1H3,(H,13,14,15,16). The summed E-state index contributed by atoms with van der Waals surface area (Å²) < 4.78 is 0. The summed E-state index contributed by atoms with van der Waals surface area (Å²) in [7, 11) is 0. The van der Waals surface area contributed by atoms with E-state index in [0.717, 1.165) is 6.42 Å². The molecule has 3 N–H and O–H groups in total. The molecule has 0 fully saturated rings. The molecule has 1 rings (SSSR count). The minimum absolute atomic E-state index is 0.0214. The normalized spacial score (nSPS) is 12.2. The molecule has 0 saturated carbocycles. The molecule has 5 nitrogen and oxygen atoms in total. The number of carbonyl (C=O) groups excluding carboxylic acids is 1. The molecular formula is C9H12Cl2N4O. The van der Waals surface area contributed by atoms with Crippen molar-refractivity contribution in [1.29, 1.82) is 0 Å². The number of aromatic nitrogens is 2. The summed E-state index contributed by atoms with van der Waals surface area (Å²) >= 11 is 11.2. The summed E-state index contributed by atoms with van der Waals surface area (Å²) in [6.07, 6.45) is 1.44. The molecule has 1 atom stereocenters. The smallest absolute Gasteiger partial charge is 0.242 e. The van der Waals surface area contributed by atoms with E-state index < -0.39 is 6.04 Å². The zero-order valence-electron chi connectivity index (χ0n) is 8.70. The van der Waals surface area contributed by atoms with E-state index in [-0.39, 0.29) is 22.2 Å². The third-order valence-corrected chi connectivity index (χ3v) is 2.22. The minimum atomic E-state index is -0.558. The van der Waals surface area contributed by atoms with Gasteiger partial charge in [-0.2, -0.15) is 0 Å². The van der Waals surface area contributed by atoms with Crippen molar-refractivity contribution in [3.05, 3.63) is 16.5 Å². The molecule has 0 aromatic carbocycles. The maximum absolute atomic E-state index is 11.5. The van der Waals surface area contributed by atoms with Crippen molar-refractivity contribution in [3.8, 4) is 0 Å². The van der Waals surface area contributed by atoms with Gasteiger partial charge in [-0.05, 0) is 18.0 Å². The average molecular weight is 263 g/mol. The minimum Gasteiger partial charge on any atom is -0.320 e. The van der Waals surface area contributed by atoms with E-state index in [1.807, 2.05) is 6.92 Å². The van der Waals surface area contributed by atoms with Crippen molar-refractivity contribution >= 4 is 34.9 Å². The van der Waals surface area contributed by atoms with Gasteiger partial charge in [-0.15, -0.1) is 0 Å². The van der Waals surface area contributed by atoms with Crippen LogP contribution in [-0.2, 0) is 4.79 Å². The van der Waals surface area contributed by atoms with E-state index >= 15 is 0 Å². The molecule has 0 spiro atoms. The largest absolute Gasteiger partial charge is 0.320 e. The molecule has 7 heteroatoms. The Hall–Kier alpha value is -0.910. The van der Waals surface area contributed by atoms with Gasteiger partial charge in [-0.3, -0.25) is 4.79 Å². The Labute approximate surface area is 103 Å². The number of nitrogens with zero attached hydrogens (tertiary/aromatic N) is 2. The van der Waals surface area contributed by atoms with E-state index in [1.54, 1.807) is 0 Å². The van der Waals surface area contributed by atoms with Gasteiger partial charge in [0.25, 0.3) is 0 Å². The van der Waals surface area contributed by atoms with Crippen LogP contribution < -0.4 is 11.1 Å². The number of hydrogen-bond acceptors (Lipinski definition) is 4. The van der Waals surface area contributed by atoms with E-state index in [9.17, 15) is 4.79 Å². The zero-order chi connectivity index (χ0) is 12.1. The molecule has 0 aliphatic rings. The van der Waals surface area contributed by atoms with Crippen LogP contribution in [0.4, 0.5) is 5.82 Å². The van der Waals surface area contributed by atoms with Gasteiger partial charge in [0, 0.05) is 6.07 Å². The number of anilines is 1. The first-order chi connectivity index (χ1) is 7.52. The Balaban J connectivity index is 2.69. The van der Waals surface area contributed by atoms with Crippen LogP contribution in [0.1, 0.15) is 19.8 Å². The van der Waals surface area contributed by atoms with Crippen LogP contribution in [0.5, 0.6) is 0 Å². The number of amides is 1. The lowest BCUT2D eigenvalue weighted by molar-refractivity contribution is -0.117. The second-order valence-electron chi connectivity index (χ2n) is 3.23. The quantitative estimate of drug-likeness (QED) is 0.641. The first kappa shape index (κ1) is 13.2. The lowest BCUT2D eigenvalue weighted by Crippen LogP contribution is -2.35. The lowest BCUT2D eigenvalue weighted by atomic mass is 10.2. The van der Waals surface area contributed by atoms with E-state index in [1.165, 1.54) is 6.07 Å². The zero-order valence-corrected chi connectivity index (χ0v) is 10.2. The van der Waals surface area contributed by atoms with Gasteiger partial charge in [-0.1, -0.05) is 24.9 Å². The second kappa shape index (κ2) is 5.98. The fourth-order valence-electron chi connectivity index (χ4n) is 1.11. The van der Waals surface area contributed by atoms with Crippen LogP contribution in [0, 0.1) is 0 Å². The maximum atomic E-state index is 11.5. The topological polar surface area (TPSA) is 80.9 Å². The van der Waals surface area contributed by atoms with E-state index in [0.29, 0.717) is 6.42 Å². The molecule has 0 bridgehead atoms. The van der Waals surface area contributed by atoms with Gasteiger partial charge >= 0.3 is 0 Å². The molecular weight excluding hydrogens is 251 g/mol. The number of rotatable bonds is 4. The first-order valence-electron chi connectivity index (χ1n) is 4.79. The van der Waals surface area contributed by atoms with Crippen LogP contribution in [0.2, 0.25) is 10.4 Å². The number of halogens is 2. The molecule has 88 valence electrons. The van der Waals surface area contributed by atoms with Crippen molar-refractivity contribution in [3.63, 3.8) is 0 Å².